The van der Waals surface area contributed by atoms with Crippen LogP contribution in [0.15, 0.2) is 41.1 Å². The lowest BCUT2D eigenvalue weighted by Crippen LogP contribution is -1.84. The van der Waals surface area contributed by atoms with Crippen LogP contribution >= 0.6 is 0 Å². The summed E-state index contributed by atoms with van der Waals surface area (Å²) in [4.78, 5) is 7.31. The summed E-state index contributed by atoms with van der Waals surface area (Å²) in [5.74, 6) is 1.11. The maximum absolute atomic E-state index is 9.66. The van der Waals surface area contributed by atoms with Crippen molar-refractivity contribution in [3.63, 3.8) is 0 Å². The monoisotopic (exact) mass is 241 g/mol. The van der Waals surface area contributed by atoms with Crippen molar-refractivity contribution < 1.29 is 9.63 Å². The van der Waals surface area contributed by atoms with Gasteiger partial charge in [0.15, 0.2) is 0 Å². The Morgan fingerprint density at radius 1 is 1.22 bits per heavy atom. The maximum Gasteiger partial charge on any atom is 0.258 e. The summed E-state index contributed by atoms with van der Waals surface area (Å²) in [6.45, 7) is 1.81. The summed E-state index contributed by atoms with van der Waals surface area (Å²) in [6, 6.07) is 8.94. The number of aromatic nitrogens is 3. The Morgan fingerprint density at radius 2 is 2.11 bits per heavy atom. The molecule has 0 spiro atoms. The molecule has 90 valence electrons. The van der Waals surface area contributed by atoms with Crippen LogP contribution in [0.1, 0.15) is 5.56 Å². The van der Waals surface area contributed by atoms with E-state index in [1.807, 2.05) is 25.1 Å². The van der Waals surface area contributed by atoms with Gasteiger partial charge in [-0.25, -0.2) is 0 Å². The molecule has 0 bridgehead atoms. The minimum absolute atomic E-state index is 0.215. The van der Waals surface area contributed by atoms with Crippen molar-refractivity contribution in [2.24, 2.45) is 0 Å². The van der Waals surface area contributed by atoms with E-state index in [2.05, 4.69) is 15.1 Å². The molecular weight excluding hydrogens is 230 g/mol. The third kappa shape index (κ3) is 1.66. The topological polar surface area (TPSA) is 74.9 Å². The van der Waals surface area contributed by atoms with Gasteiger partial charge in [0, 0.05) is 17.3 Å². The van der Waals surface area contributed by atoms with Crippen molar-refractivity contribution in [3.05, 3.63) is 42.1 Å². The van der Waals surface area contributed by atoms with Gasteiger partial charge in [-0.15, -0.1) is 0 Å². The van der Waals surface area contributed by atoms with Crippen LogP contribution in [0.25, 0.3) is 23.0 Å². The minimum atomic E-state index is 0.215. The number of aromatic amines is 1. The first-order valence-corrected chi connectivity index (χ1v) is 5.52. The van der Waals surface area contributed by atoms with E-state index < -0.39 is 0 Å². The molecule has 0 aliphatic heterocycles. The zero-order valence-corrected chi connectivity index (χ0v) is 9.71. The summed E-state index contributed by atoms with van der Waals surface area (Å²) in [5.41, 5.74) is 2.25. The zero-order chi connectivity index (χ0) is 12.5. The molecule has 2 heterocycles. The van der Waals surface area contributed by atoms with Gasteiger partial charge in [0.1, 0.15) is 5.75 Å². The highest BCUT2D eigenvalue weighted by Gasteiger charge is 2.14. The summed E-state index contributed by atoms with van der Waals surface area (Å²) in [7, 11) is 0. The first-order valence-electron chi connectivity index (χ1n) is 5.52. The molecule has 3 rings (SSSR count). The molecule has 18 heavy (non-hydrogen) atoms. The van der Waals surface area contributed by atoms with Gasteiger partial charge in [0.25, 0.3) is 5.89 Å². The van der Waals surface area contributed by atoms with Crippen LogP contribution in [0.3, 0.4) is 0 Å². The van der Waals surface area contributed by atoms with Crippen molar-refractivity contribution in [2.75, 3.05) is 0 Å². The zero-order valence-electron chi connectivity index (χ0n) is 9.71. The molecule has 5 heteroatoms. The molecule has 0 fully saturated rings. The van der Waals surface area contributed by atoms with E-state index in [1.54, 1.807) is 18.3 Å². The second-order valence-electron chi connectivity index (χ2n) is 3.96. The highest BCUT2D eigenvalue weighted by atomic mass is 16.5. The van der Waals surface area contributed by atoms with E-state index in [9.17, 15) is 5.11 Å². The van der Waals surface area contributed by atoms with Crippen LogP contribution in [0.4, 0.5) is 0 Å². The molecule has 0 saturated heterocycles. The van der Waals surface area contributed by atoms with Crippen LogP contribution < -0.4 is 0 Å². The molecule has 5 nitrogen and oxygen atoms in total. The SMILES string of the molecule is Cc1c(O)cccc1-c1nc(-c2ccc[nH]2)no1. The fraction of sp³-hybridized carbons (Fsp3) is 0.0769. The number of phenols is 1. The number of rotatable bonds is 2. The lowest BCUT2D eigenvalue weighted by Gasteiger charge is -2.01. The second kappa shape index (κ2) is 4.03. The number of nitrogens with one attached hydrogen (secondary N) is 1. The summed E-state index contributed by atoms with van der Waals surface area (Å²) < 4.78 is 5.22. The first-order chi connectivity index (χ1) is 8.75. The Morgan fingerprint density at radius 3 is 2.89 bits per heavy atom. The number of hydrogen-bond acceptors (Lipinski definition) is 4. The molecule has 0 atom stereocenters. The Labute approximate surface area is 103 Å². The van der Waals surface area contributed by atoms with Gasteiger partial charge in [-0.2, -0.15) is 4.98 Å². The molecule has 0 saturated carbocycles. The largest absolute Gasteiger partial charge is 0.508 e. The molecular formula is C13H11N3O2. The van der Waals surface area contributed by atoms with E-state index >= 15 is 0 Å². The average Bonchev–Trinajstić information content (AvgIpc) is 3.01. The van der Waals surface area contributed by atoms with Crippen molar-refractivity contribution in [1.82, 2.24) is 15.1 Å². The van der Waals surface area contributed by atoms with Crippen molar-refractivity contribution in [2.45, 2.75) is 6.92 Å². The fourth-order valence-corrected chi connectivity index (χ4v) is 1.77. The van der Waals surface area contributed by atoms with Crippen LogP contribution in [-0.4, -0.2) is 20.2 Å². The van der Waals surface area contributed by atoms with Gasteiger partial charge in [-0.05, 0) is 31.2 Å². The number of H-pyrrole nitrogens is 1. The Hall–Kier alpha value is -2.56. The molecule has 0 unspecified atom stereocenters. The van der Waals surface area contributed by atoms with Gasteiger partial charge in [0.05, 0.1) is 5.69 Å². The van der Waals surface area contributed by atoms with E-state index in [0.29, 0.717) is 11.7 Å². The molecule has 2 N–H and O–H groups in total. The molecule has 0 radical (unpaired) electrons. The number of hydrogen-bond donors (Lipinski definition) is 2. The fourth-order valence-electron chi connectivity index (χ4n) is 1.77. The van der Waals surface area contributed by atoms with E-state index in [4.69, 9.17) is 4.52 Å². The van der Waals surface area contributed by atoms with E-state index in [-0.39, 0.29) is 5.75 Å². The van der Waals surface area contributed by atoms with E-state index in [1.165, 1.54) is 0 Å². The van der Waals surface area contributed by atoms with Crippen LogP contribution in [0.2, 0.25) is 0 Å². The summed E-state index contributed by atoms with van der Waals surface area (Å²) in [6.07, 6.45) is 1.80. The lowest BCUT2D eigenvalue weighted by molar-refractivity contribution is 0.430. The predicted octanol–water partition coefficient (Wildman–Crippen LogP) is 2.75. The Balaban J connectivity index is 2.06. The molecule has 1 aromatic carbocycles. The first kappa shape index (κ1) is 10.6. The van der Waals surface area contributed by atoms with Gasteiger partial charge >= 0.3 is 0 Å². The van der Waals surface area contributed by atoms with Crippen molar-refractivity contribution >= 4 is 0 Å². The number of benzene rings is 1. The molecule has 0 aliphatic rings. The van der Waals surface area contributed by atoms with Crippen molar-refractivity contribution in [1.29, 1.82) is 0 Å². The van der Waals surface area contributed by atoms with Gasteiger partial charge in [-0.3, -0.25) is 0 Å². The highest BCUT2D eigenvalue weighted by Crippen LogP contribution is 2.28. The van der Waals surface area contributed by atoms with Crippen LogP contribution in [-0.2, 0) is 0 Å². The normalized spacial score (nSPS) is 10.7. The quantitative estimate of drug-likeness (QED) is 0.723. The van der Waals surface area contributed by atoms with E-state index in [0.717, 1.165) is 16.8 Å². The number of nitrogens with zero attached hydrogens (tertiary/aromatic N) is 2. The van der Waals surface area contributed by atoms with Crippen LogP contribution in [0.5, 0.6) is 5.75 Å². The van der Waals surface area contributed by atoms with Gasteiger partial charge in [0.2, 0.25) is 5.82 Å². The minimum Gasteiger partial charge on any atom is -0.508 e. The predicted molar refractivity (Wildman–Crippen MR) is 65.9 cm³/mol. The van der Waals surface area contributed by atoms with Gasteiger partial charge in [-0.1, -0.05) is 11.2 Å². The molecule has 0 aliphatic carbocycles. The third-order valence-electron chi connectivity index (χ3n) is 2.80. The second-order valence-corrected chi connectivity index (χ2v) is 3.96. The Bertz CT molecular complexity index is 671. The van der Waals surface area contributed by atoms with Gasteiger partial charge < -0.3 is 14.6 Å². The maximum atomic E-state index is 9.66. The number of aromatic hydroxyl groups is 1. The third-order valence-corrected chi connectivity index (χ3v) is 2.80. The van der Waals surface area contributed by atoms with Crippen molar-refractivity contribution in [3.8, 4) is 28.7 Å². The summed E-state index contributed by atoms with van der Waals surface area (Å²) in [5, 5.41) is 13.6. The standard InChI is InChI=1S/C13H11N3O2/c1-8-9(4-2-6-11(8)17)13-15-12(16-18-13)10-5-3-7-14-10/h2-7,14,17H,1H3. The highest BCUT2D eigenvalue weighted by molar-refractivity contribution is 5.63. The Kier molecular flexibility index (Phi) is 2.37. The average molecular weight is 241 g/mol. The molecule has 0 amide bonds. The molecule has 3 aromatic rings. The van der Waals surface area contributed by atoms with Crippen LogP contribution in [0, 0.1) is 6.92 Å². The lowest BCUT2D eigenvalue weighted by atomic mass is 10.1. The molecule has 2 aromatic heterocycles. The number of phenolic OH excluding ortho intramolecular Hbond substituents is 1. The smallest absolute Gasteiger partial charge is 0.258 e. The summed E-state index contributed by atoms with van der Waals surface area (Å²) >= 11 is 0.